The van der Waals surface area contributed by atoms with Gasteiger partial charge in [-0.2, -0.15) is 0 Å². The Morgan fingerprint density at radius 1 is 1.05 bits per heavy atom. The molecule has 2 rings (SSSR count). The molecule has 0 radical (unpaired) electrons. The molecule has 0 atom stereocenters. The van der Waals surface area contributed by atoms with Crippen molar-refractivity contribution in [1.29, 1.82) is 0 Å². The number of halogens is 1. The van der Waals surface area contributed by atoms with E-state index < -0.39 is 15.8 Å². The summed E-state index contributed by atoms with van der Waals surface area (Å²) in [5.41, 5.74) is 7.27. The van der Waals surface area contributed by atoms with E-state index in [4.69, 9.17) is 5.73 Å². The molecule has 0 aliphatic carbocycles. The summed E-state index contributed by atoms with van der Waals surface area (Å²) < 4.78 is 39.3. The van der Waals surface area contributed by atoms with E-state index in [0.717, 1.165) is 11.6 Å². The second kappa shape index (κ2) is 6.02. The van der Waals surface area contributed by atoms with Crippen LogP contribution in [0.5, 0.6) is 0 Å². The number of hydrogen-bond acceptors (Lipinski definition) is 3. The van der Waals surface area contributed by atoms with Crippen LogP contribution in [0.3, 0.4) is 0 Å². The van der Waals surface area contributed by atoms with Gasteiger partial charge in [-0.05, 0) is 29.3 Å². The summed E-state index contributed by atoms with van der Waals surface area (Å²) in [6.07, 6.45) is 0. The molecular weight excluding hydrogens is 279 g/mol. The predicted octanol–water partition coefficient (Wildman–Crippen LogP) is 2.23. The minimum atomic E-state index is -3.57. The van der Waals surface area contributed by atoms with E-state index >= 15 is 0 Å². The Morgan fingerprint density at radius 3 is 2.30 bits per heavy atom. The van der Waals surface area contributed by atoms with Crippen molar-refractivity contribution in [1.82, 2.24) is 0 Å². The van der Waals surface area contributed by atoms with E-state index in [1.807, 2.05) is 0 Å². The molecule has 0 heterocycles. The standard InChI is InChI=1S/C14H15FN2O2S/c15-13-2-1-3-14(8-13)17-20(18,19)10-12-6-4-11(9-16)5-7-12/h1-8,17H,9-10,16H2. The van der Waals surface area contributed by atoms with Gasteiger partial charge >= 0.3 is 0 Å². The number of hydrogen-bond donors (Lipinski definition) is 2. The van der Waals surface area contributed by atoms with Crippen LogP contribution in [0.4, 0.5) is 10.1 Å². The fraction of sp³-hybridized carbons (Fsp3) is 0.143. The topological polar surface area (TPSA) is 72.2 Å². The third-order valence-electron chi connectivity index (χ3n) is 2.71. The lowest BCUT2D eigenvalue weighted by atomic mass is 10.1. The van der Waals surface area contributed by atoms with Crippen molar-refractivity contribution < 1.29 is 12.8 Å². The van der Waals surface area contributed by atoms with Crippen molar-refractivity contribution >= 4 is 15.7 Å². The molecule has 0 saturated heterocycles. The number of nitrogens with one attached hydrogen (secondary N) is 1. The van der Waals surface area contributed by atoms with Gasteiger partial charge in [0.15, 0.2) is 0 Å². The van der Waals surface area contributed by atoms with Gasteiger partial charge in [-0.3, -0.25) is 4.72 Å². The molecule has 2 aromatic rings. The van der Waals surface area contributed by atoms with Gasteiger partial charge in [0.25, 0.3) is 0 Å². The molecule has 106 valence electrons. The lowest BCUT2D eigenvalue weighted by Crippen LogP contribution is -2.15. The molecule has 0 saturated carbocycles. The van der Waals surface area contributed by atoms with Gasteiger partial charge in [-0.25, -0.2) is 12.8 Å². The maximum absolute atomic E-state index is 13.0. The fourth-order valence-electron chi connectivity index (χ4n) is 1.76. The number of anilines is 1. The molecule has 6 heteroatoms. The molecule has 4 nitrogen and oxygen atoms in total. The van der Waals surface area contributed by atoms with Crippen molar-refractivity contribution in [3.05, 3.63) is 65.5 Å². The Bertz CT molecular complexity index is 685. The molecule has 0 spiro atoms. The minimum Gasteiger partial charge on any atom is -0.326 e. The van der Waals surface area contributed by atoms with Gasteiger partial charge in [0.2, 0.25) is 10.0 Å². The van der Waals surface area contributed by atoms with Crippen LogP contribution in [0.25, 0.3) is 0 Å². The first-order chi connectivity index (χ1) is 9.48. The molecule has 0 bridgehead atoms. The van der Waals surface area contributed by atoms with Crippen molar-refractivity contribution in [3.63, 3.8) is 0 Å². The zero-order chi connectivity index (χ0) is 14.6. The summed E-state index contributed by atoms with van der Waals surface area (Å²) in [4.78, 5) is 0. The normalized spacial score (nSPS) is 11.3. The molecule has 0 fully saturated rings. The molecule has 0 unspecified atom stereocenters. The van der Waals surface area contributed by atoms with Crippen LogP contribution in [-0.4, -0.2) is 8.42 Å². The van der Waals surface area contributed by atoms with Crippen LogP contribution in [0, 0.1) is 5.82 Å². The Hall–Kier alpha value is -1.92. The number of nitrogens with two attached hydrogens (primary N) is 1. The fourth-order valence-corrected chi connectivity index (χ4v) is 2.95. The molecule has 0 aromatic heterocycles. The molecule has 0 amide bonds. The maximum atomic E-state index is 13.0. The monoisotopic (exact) mass is 294 g/mol. The van der Waals surface area contributed by atoms with Crippen LogP contribution in [0.2, 0.25) is 0 Å². The SMILES string of the molecule is NCc1ccc(CS(=O)(=O)Nc2cccc(F)c2)cc1. The number of benzene rings is 2. The molecule has 0 aliphatic heterocycles. The van der Waals surface area contributed by atoms with Crippen molar-refractivity contribution in [2.45, 2.75) is 12.3 Å². The second-order valence-corrected chi connectivity index (χ2v) is 6.11. The average molecular weight is 294 g/mol. The Morgan fingerprint density at radius 2 is 1.70 bits per heavy atom. The van der Waals surface area contributed by atoms with E-state index in [1.54, 1.807) is 24.3 Å². The van der Waals surface area contributed by atoms with Crippen LogP contribution in [0.1, 0.15) is 11.1 Å². The van der Waals surface area contributed by atoms with Crippen LogP contribution < -0.4 is 10.5 Å². The smallest absolute Gasteiger partial charge is 0.236 e. The highest BCUT2D eigenvalue weighted by Gasteiger charge is 2.12. The van der Waals surface area contributed by atoms with Crippen LogP contribution in [0.15, 0.2) is 48.5 Å². The first-order valence-electron chi connectivity index (χ1n) is 6.02. The summed E-state index contributed by atoms with van der Waals surface area (Å²) in [5.74, 6) is -0.661. The summed E-state index contributed by atoms with van der Waals surface area (Å²) in [5, 5.41) is 0. The minimum absolute atomic E-state index is 0.172. The molecule has 0 aliphatic rings. The van der Waals surface area contributed by atoms with E-state index in [-0.39, 0.29) is 11.4 Å². The number of rotatable bonds is 5. The van der Waals surface area contributed by atoms with Gasteiger partial charge in [-0.1, -0.05) is 30.3 Å². The summed E-state index contributed by atoms with van der Waals surface area (Å²) in [7, 11) is -3.57. The highest BCUT2D eigenvalue weighted by molar-refractivity contribution is 7.91. The first kappa shape index (κ1) is 14.5. The predicted molar refractivity (Wildman–Crippen MR) is 77.0 cm³/mol. The molecule has 2 aromatic carbocycles. The molecule has 3 N–H and O–H groups in total. The zero-order valence-electron chi connectivity index (χ0n) is 10.7. The van der Waals surface area contributed by atoms with Crippen molar-refractivity contribution in [2.75, 3.05) is 4.72 Å². The first-order valence-corrected chi connectivity index (χ1v) is 7.68. The average Bonchev–Trinajstić information content (AvgIpc) is 2.38. The summed E-state index contributed by atoms with van der Waals surface area (Å²) >= 11 is 0. The third-order valence-corrected chi connectivity index (χ3v) is 3.97. The molecule has 20 heavy (non-hydrogen) atoms. The van der Waals surface area contributed by atoms with E-state index in [0.29, 0.717) is 12.1 Å². The van der Waals surface area contributed by atoms with Gasteiger partial charge in [0.05, 0.1) is 11.4 Å². The highest BCUT2D eigenvalue weighted by atomic mass is 32.2. The van der Waals surface area contributed by atoms with Crippen molar-refractivity contribution in [2.24, 2.45) is 5.73 Å². The quantitative estimate of drug-likeness (QED) is 0.888. The van der Waals surface area contributed by atoms with Crippen LogP contribution >= 0.6 is 0 Å². The lowest BCUT2D eigenvalue weighted by Gasteiger charge is -2.08. The highest BCUT2D eigenvalue weighted by Crippen LogP contribution is 2.14. The Balaban J connectivity index is 2.10. The maximum Gasteiger partial charge on any atom is 0.236 e. The third kappa shape index (κ3) is 4.04. The second-order valence-electron chi connectivity index (χ2n) is 4.39. The van der Waals surface area contributed by atoms with Gasteiger partial charge in [0.1, 0.15) is 5.82 Å². The Kier molecular flexibility index (Phi) is 4.36. The van der Waals surface area contributed by atoms with E-state index in [2.05, 4.69) is 4.72 Å². The largest absolute Gasteiger partial charge is 0.326 e. The van der Waals surface area contributed by atoms with Crippen LogP contribution in [-0.2, 0) is 22.3 Å². The van der Waals surface area contributed by atoms with Gasteiger partial charge in [0, 0.05) is 6.54 Å². The van der Waals surface area contributed by atoms with E-state index in [1.165, 1.54) is 18.2 Å². The molecular formula is C14H15FN2O2S. The summed E-state index contributed by atoms with van der Waals surface area (Å²) in [6.45, 7) is 0.411. The number of sulfonamides is 1. The zero-order valence-corrected chi connectivity index (χ0v) is 11.5. The summed E-state index contributed by atoms with van der Waals surface area (Å²) in [6, 6.07) is 12.3. The lowest BCUT2D eigenvalue weighted by molar-refractivity contribution is 0.600. The van der Waals surface area contributed by atoms with E-state index in [9.17, 15) is 12.8 Å². The van der Waals surface area contributed by atoms with Gasteiger partial charge in [-0.15, -0.1) is 0 Å². The van der Waals surface area contributed by atoms with Gasteiger partial charge < -0.3 is 5.73 Å². The Labute approximate surface area is 117 Å². The van der Waals surface area contributed by atoms with Crippen molar-refractivity contribution in [3.8, 4) is 0 Å².